The lowest BCUT2D eigenvalue weighted by atomic mass is 10.4. The number of nitrogens with zero attached hydrogens (tertiary/aromatic N) is 4. The van der Waals surface area contributed by atoms with Crippen LogP contribution in [0.5, 0.6) is 0 Å². The molecule has 128 valence electrons. The van der Waals surface area contributed by atoms with Gasteiger partial charge < -0.3 is 10.1 Å². The Morgan fingerprint density at radius 1 is 1.26 bits per heavy atom. The quantitative estimate of drug-likeness (QED) is 0.587. The van der Waals surface area contributed by atoms with E-state index in [0.717, 1.165) is 25.8 Å². The number of sulfonamides is 1. The first-order valence-electron chi connectivity index (χ1n) is 7.47. The van der Waals surface area contributed by atoms with Crippen LogP contribution in [0.3, 0.4) is 0 Å². The SMILES string of the molecule is CCOCCCNc1ccc2nnc(CCNS(C)(=O)=O)n2n1. The van der Waals surface area contributed by atoms with Crippen molar-refractivity contribution in [3.8, 4) is 0 Å². The van der Waals surface area contributed by atoms with Gasteiger partial charge in [0.1, 0.15) is 5.82 Å². The van der Waals surface area contributed by atoms with Crippen molar-refractivity contribution in [2.75, 3.05) is 37.9 Å². The molecule has 0 aliphatic rings. The van der Waals surface area contributed by atoms with E-state index in [0.29, 0.717) is 30.3 Å². The first-order valence-corrected chi connectivity index (χ1v) is 9.36. The molecule has 0 bridgehead atoms. The molecule has 0 spiro atoms. The number of hydrogen-bond acceptors (Lipinski definition) is 7. The largest absolute Gasteiger partial charge is 0.382 e. The molecular weight excluding hydrogens is 320 g/mol. The average Bonchev–Trinajstić information content (AvgIpc) is 2.88. The lowest BCUT2D eigenvalue weighted by Crippen LogP contribution is -2.25. The van der Waals surface area contributed by atoms with Crippen LogP contribution in [0.2, 0.25) is 0 Å². The summed E-state index contributed by atoms with van der Waals surface area (Å²) < 4.78 is 31.5. The molecule has 0 aliphatic carbocycles. The van der Waals surface area contributed by atoms with E-state index in [2.05, 4.69) is 25.3 Å². The second-order valence-corrected chi connectivity index (χ2v) is 6.83. The first-order chi connectivity index (χ1) is 11.0. The molecule has 0 atom stereocenters. The Kier molecular flexibility index (Phi) is 6.25. The maximum Gasteiger partial charge on any atom is 0.208 e. The molecule has 2 N–H and O–H groups in total. The van der Waals surface area contributed by atoms with Gasteiger partial charge >= 0.3 is 0 Å². The van der Waals surface area contributed by atoms with Crippen LogP contribution in [0.15, 0.2) is 12.1 Å². The minimum atomic E-state index is -3.21. The van der Waals surface area contributed by atoms with Crippen LogP contribution < -0.4 is 10.0 Å². The van der Waals surface area contributed by atoms with Crippen molar-refractivity contribution in [2.24, 2.45) is 0 Å². The van der Waals surface area contributed by atoms with Gasteiger partial charge in [-0.1, -0.05) is 0 Å². The molecule has 0 amide bonds. The summed E-state index contributed by atoms with van der Waals surface area (Å²) in [6.45, 7) is 4.41. The van der Waals surface area contributed by atoms with E-state index < -0.39 is 10.0 Å². The molecule has 2 aromatic heterocycles. The summed E-state index contributed by atoms with van der Waals surface area (Å²) in [5.74, 6) is 1.32. The molecule has 0 aromatic carbocycles. The molecule has 0 aliphatic heterocycles. The molecule has 2 heterocycles. The maximum atomic E-state index is 11.1. The summed E-state index contributed by atoms with van der Waals surface area (Å²) in [6, 6.07) is 3.65. The number of anilines is 1. The Bertz CT molecular complexity index is 730. The predicted octanol–water partition coefficient (Wildman–Crippen LogP) is 0.0545. The molecule has 10 heteroatoms. The highest BCUT2D eigenvalue weighted by atomic mass is 32.2. The predicted molar refractivity (Wildman–Crippen MR) is 86.9 cm³/mol. The highest BCUT2D eigenvalue weighted by Gasteiger charge is 2.09. The lowest BCUT2D eigenvalue weighted by Gasteiger charge is -2.06. The zero-order valence-corrected chi connectivity index (χ0v) is 14.1. The third-order valence-electron chi connectivity index (χ3n) is 3.02. The third-order valence-corrected chi connectivity index (χ3v) is 3.74. The van der Waals surface area contributed by atoms with E-state index >= 15 is 0 Å². The van der Waals surface area contributed by atoms with Gasteiger partial charge in [-0.15, -0.1) is 15.3 Å². The van der Waals surface area contributed by atoms with Crippen LogP contribution >= 0.6 is 0 Å². The van der Waals surface area contributed by atoms with Crippen LogP contribution in [0.25, 0.3) is 5.65 Å². The number of nitrogens with one attached hydrogen (secondary N) is 2. The Hall–Kier alpha value is -1.78. The van der Waals surface area contributed by atoms with E-state index in [1.165, 1.54) is 0 Å². The van der Waals surface area contributed by atoms with Gasteiger partial charge in [0.25, 0.3) is 0 Å². The van der Waals surface area contributed by atoms with Crippen molar-refractivity contribution in [1.82, 2.24) is 24.5 Å². The average molecular weight is 342 g/mol. The van der Waals surface area contributed by atoms with Gasteiger partial charge in [0, 0.05) is 32.7 Å². The highest BCUT2D eigenvalue weighted by molar-refractivity contribution is 7.88. The number of hydrogen-bond donors (Lipinski definition) is 2. The van der Waals surface area contributed by atoms with Crippen LogP contribution in [0.4, 0.5) is 5.82 Å². The first kappa shape index (κ1) is 17.6. The Labute approximate surface area is 135 Å². The third kappa shape index (κ3) is 5.73. The molecule has 0 radical (unpaired) electrons. The van der Waals surface area contributed by atoms with E-state index in [1.54, 1.807) is 4.52 Å². The second-order valence-electron chi connectivity index (χ2n) is 5.00. The van der Waals surface area contributed by atoms with Gasteiger partial charge in [-0.3, -0.25) is 0 Å². The monoisotopic (exact) mass is 342 g/mol. The summed E-state index contributed by atoms with van der Waals surface area (Å²) in [6.07, 6.45) is 2.42. The van der Waals surface area contributed by atoms with Gasteiger partial charge in [-0.25, -0.2) is 13.1 Å². The van der Waals surface area contributed by atoms with E-state index in [-0.39, 0.29) is 6.54 Å². The van der Waals surface area contributed by atoms with E-state index in [1.807, 2.05) is 19.1 Å². The normalized spacial score (nSPS) is 11.9. The fraction of sp³-hybridized carbons (Fsp3) is 0.615. The molecule has 9 nitrogen and oxygen atoms in total. The van der Waals surface area contributed by atoms with Crippen molar-refractivity contribution in [2.45, 2.75) is 19.8 Å². The fourth-order valence-electron chi connectivity index (χ4n) is 1.97. The van der Waals surface area contributed by atoms with Crippen LogP contribution in [0.1, 0.15) is 19.2 Å². The summed E-state index contributed by atoms with van der Waals surface area (Å²) in [5.41, 5.74) is 0.624. The van der Waals surface area contributed by atoms with Crippen molar-refractivity contribution in [3.05, 3.63) is 18.0 Å². The Morgan fingerprint density at radius 2 is 2.09 bits per heavy atom. The summed E-state index contributed by atoms with van der Waals surface area (Å²) in [4.78, 5) is 0. The topological polar surface area (TPSA) is 111 Å². The summed E-state index contributed by atoms with van der Waals surface area (Å²) in [7, 11) is -3.21. The number of aromatic nitrogens is 4. The second kappa shape index (κ2) is 8.18. The van der Waals surface area contributed by atoms with Crippen LogP contribution in [-0.2, 0) is 21.2 Å². The number of fused-ring (bicyclic) bond motifs is 1. The van der Waals surface area contributed by atoms with Crippen molar-refractivity contribution < 1.29 is 13.2 Å². The Balaban J connectivity index is 1.96. The van der Waals surface area contributed by atoms with Crippen LogP contribution in [-0.4, -0.2) is 60.8 Å². The van der Waals surface area contributed by atoms with Crippen LogP contribution in [0, 0.1) is 0 Å². The van der Waals surface area contributed by atoms with Gasteiger partial charge in [0.15, 0.2) is 11.5 Å². The minimum absolute atomic E-state index is 0.257. The van der Waals surface area contributed by atoms with Crippen molar-refractivity contribution >= 4 is 21.5 Å². The fourth-order valence-corrected chi connectivity index (χ4v) is 2.44. The van der Waals surface area contributed by atoms with Gasteiger partial charge in [-0.2, -0.15) is 4.52 Å². The smallest absolute Gasteiger partial charge is 0.208 e. The zero-order chi connectivity index (χ0) is 16.7. The molecular formula is C13H22N6O3S. The molecule has 23 heavy (non-hydrogen) atoms. The number of ether oxygens (including phenoxy) is 1. The maximum absolute atomic E-state index is 11.1. The molecule has 0 saturated carbocycles. The highest BCUT2D eigenvalue weighted by Crippen LogP contribution is 2.07. The number of rotatable bonds is 10. The van der Waals surface area contributed by atoms with Crippen molar-refractivity contribution in [3.63, 3.8) is 0 Å². The summed E-state index contributed by atoms with van der Waals surface area (Å²) >= 11 is 0. The van der Waals surface area contributed by atoms with Gasteiger partial charge in [-0.05, 0) is 25.5 Å². The van der Waals surface area contributed by atoms with Crippen molar-refractivity contribution in [1.29, 1.82) is 0 Å². The van der Waals surface area contributed by atoms with E-state index in [4.69, 9.17) is 4.74 Å². The molecule has 0 saturated heterocycles. The molecule has 2 rings (SSSR count). The van der Waals surface area contributed by atoms with E-state index in [9.17, 15) is 8.42 Å². The lowest BCUT2D eigenvalue weighted by molar-refractivity contribution is 0.147. The molecule has 2 aromatic rings. The summed E-state index contributed by atoms with van der Waals surface area (Å²) in [5, 5.41) is 15.7. The zero-order valence-electron chi connectivity index (χ0n) is 13.3. The Morgan fingerprint density at radius 3 is 2.83 bits per heavy atom. The molecule has 0 fully saturated rings. The minimum Gasteiger partial charge on any atom is -0.382 e. The standard InChI is InChI=1S/C13H22N6O3S/c1-3-22-10-4-8-14-11-5-6-12-16-17-13(19(12)18-11)7-9-15-23(2,20)21/h5-6,15H,3-4,7-10H2,1-2H3,(H,14,18). The van der Waals surface area contributed by atoms with Gasteiger partial charge in [0.05, 0.1) is 6.26 Å². The molecule has 0 unspecified atom stereocenters. The van der Waals surface area contributed by atoms with Gasteiger partial charge in [0.2, 0.25) is 10.0 Å².